The van der Waals surface area contributed by atoms with Crippen LogP contribution in [0.4, 0.5) is 0 Å². The first-order valence-electron chi connectivity index (χ1n) is 11.6. The lowest BCUT2D eigenvalue weighted by Gasteiger charge is -2.34. The Kier molecular flexibility index (Phi) is 6.11. The van der Waals surface area contributed by atoms with Crippen molar-refractivity contribution in [1.29, 1.82) is 0 Å². The first-order valence-corrected chi connectivity index (χ1v) is 11.6. The van der Waals surface area contributed by atoms with Crippen LogP contribution in [0.3, 0.4) is 0 Å². The number of carbonyl (C=O) groups excluding carboxylic acids is 1. The molecule has 3 aromatic carbocycles. The number of nitrogens with zero attached hydrogens (tertiary/aromatic N) is 3. The minimum atomic E-state index is 0.165. The third kappa shape index (κ3) is 4.49. The lowest BCUT2D eigenvalue weighted by Crippen LogP contribution is -2.40. The van der Waals surface area contributed by atoms with Crippen LogP contribution in [0.1, 0.15) is 35.8 Å². The second-order valence-corrected chi connectivity index (χ2v) is 8.65. The molecule has 4 aromatic rings. The molecule has 1 aromatic heterocycles. The van der Waals surface area contributed by atoms with Gasteiger partial charge < -0.3 is 14.2 Å². The number of hydrogen-bond acceptors (Lipinski definition) is 3. The summed E-state index contributed by atoms with van der Waals surface area (Å²) in [7, 11) is 1.65. The van der Waals surface area contributed by atoms with Gasteiger partial charge in [-0.25, -0.2) is 4.98 Å². The Morgan fingerprint density at radius 2 is 1.64 bits per heavy atom. The van der Waals surface area contributed by atoms with Crippen molar-refractivity contribution in [1.82, 2.24) is 14.5 Å². The van der Waals surface area contributed by atoms with Crippen molar-refractivity contribution in [2.75, 3.05) is 20.2 Å². The van der Waals surface area contributed by atoms with Crippen molar-refractivity contribution in [3.63, 3.8) is 0 Å². The van der Waals surface area contributed by atoms with Crippen molar-refractivity contribution in [2.45, 2.75) is 31.7 Å². The van der Waals surface area contributed by atoms with Gasteiger partial charge in [0, 0.05) is 31.1 Å². The molecular formula is C28H29N3O2. The highest BCUT2D eigenvalue weighted by Crippen LogP contribution is 2.30. The van der Waals surface area contributed by atoms with Crippen molar-refractivity contribution in [2.24, 2.45) is 0 Å². The van der Waals surface area contributed by atoms with E-state index in [2.05, 4.69) is 47.0 Å². The van der Waals surface area contributed by atoms with Crippen LogP contribution in [-0.4, -0.2) is 40.6 Å². The minimum absolute atomic E-state index is 0.165. The number of hydrogen-bond donors (Lipinski definition) is 0. The molecule has 2 heterocycles. The van der Waals surface area contributed by atoms with E-state index in [1.165, 1.54) is 11.1 Å². The Bertz CT molecular complexity index is 1240. The Labute approximate surface area is 194 Å². The van der Waals surface area contributed by atoms with E-state index in [0.717, 1.165) is 55.0 Å². The third-order valence-electron chi connectivity index (χ3n) is 6.59. The van der Waals surface area contributed by atoms with E-state index in [1.54, 1.807) is 7.11 Å². The highest BCUT2D eigenvalue weighted by molar-refractivity contribution is 5.80. The average molecular weight is 440 g/mol. The number of ether oxygens (including phenoxy) is 1. The highest BCUT2D eigenvalue weighted by atomic mass is 16.5. The number of carbonyl (C=O) groups is 1. The number of likely N-dealkylation sites (tertiary alicyclic amines) is 1. The Hall–Kier alpha value is -3.60. The van der Waals surface area contributed by atoms with E-state index in [-0.39, 0.29) is 5.91 Å². The summed E-state index contributed by atoms with van der Waals surface area (Å²) in [5, 5.41) is 0. The molecule has 1 saturated heterocycles. The highest BCUT2D eigenvalue weighted by Gasteiger charge is 2.27. The molecule has 1 amide bonds. The zero-order valence-corrected chi connectivity index (χ0v) is 19.0. The SMILES string of the molecule is COc1ccccc1CC(=O)N1CCC(n2c(Cc3ccccc3)nc3ccccc32)CC1. The van der Waals surface area contributed by atoms with Crippen LogP contribution in [0.5, 0.6) is 5.75 Å². The van der Waals surface area contributed by atoms with E-state index in [4.69, 9.17) is 9.72 Å². The van der Waals surface area contributed by atoms with Crippen LogP contribution in [0.25, 0.3) is 11.0 Å². The quantitative estimate of drug-likeness (QED) is 0.423. The maximum atomic E-state index is 13.0. The summed E-state index contributed by atoms with van der Waals surface area (Å²) in [4.78, 5) is 20.0. The number of amides is 1. The Balaban J connectivity index is 1.33. The Morgan fingerprint density at radius 1 is 0.939 bits per heavy atom. The van der Waals surface area contributed by atoms with E-state index < -0.39 is 0 Å². The van der Waals surface area contributed by atoms with Gasteiger partial charge in [-0.3, -0.25) is 4.79 Å². The van der Waals surface area contributed by atoms with E-state index >= 15 is 0 Å². The second kappa shape index (κ2) is 9.49. The number of imidazole rings is 1. The Morgan fingerprint density at radius 3 is 2.42 bits per heavy atom. The molecule has 168 valence electrons. The number of aromatic nitrogens is 2. The summed E-state index contributed by atoms with van der Waals surface area (Å²) in [6.07, 6.45) is 3.05. The van der Waals surface area contributed by atoms with Gasteiger partial charge in [-0.2, -0.15) is 0 Å². The molecule has 0 atom stereocenters. The number of para-hydroxylation sites is 3. The van der Waals surface area contributed by atoms with Crippen LogP contribution < -0.4 is 4.74 Å². The summed E-state index contributed by atoms with van der Waals surface area (Å²) in [6.45, 7) is 1.52. The number of benzene rings is 3. The first kappa shape index (κ1) is 21.3. The lowest BCUT2D eigenvalue weighted by atomic mass is 10.0. The number of piperidine rings is 1. The molecule has 33 heavy (non-hydrogen) atoms. The molecule has 5 heteroatoms. The van der Waals surface area contributed by atoms with Gasteiger partial charge in [-0.05, 0) is 36.6 Å². The molecule has 0 aliphatic carbocycles. The zero-order valence-electron chi connectivity index (χ0n) is 19.0. The molecule has 5 nitrogen and oxygen atoms in total. The van der Waals surface area contributed by atoms with Gasteiger partial charge in [0.05, 0.1) is 24.6 Å². The molecule has 0 unspecified atom stereocenters. The van der Waals surface area contributed by atoms with E-state index in [1.807, 2.05) is 41.3 Å². The smallest absolute Gasteiger partial charge is 0.227 e. The van der Waals surface area contributed by atoms with Crippen molar-refractivity contribution in [3.8, 4) is 5.75 Å². The monoisotopic (exact) mass is 439 g/mol. The van der Waals surface area contributed by atoms with Crippen LogP contribution in [0.15, 0.2) is 78.9 Å². The minimum Gasteiger partial charge on any atom is -0.496 e. The van der Waals surface area contributed by atoms with Gasteiger partial charge >= 0.3 is 0 Å². The average Bonchev–Trinajstić information content (AvgIpc) is 3.22. The van der Waals surface area contributed by atoms with Gasteiger partial charge in [0.1, 0.15) is 11.6 Å². The number of rotatable bonds is 6. The van der Waals surface area contributed by atoms with Crippen LogP contribution in [0.2, 0.25) is 0 Å². The summed E-state index contributed by atoms with van der Waals surface area (Å²) in [5.41, 5.74) is 4.43. The van der Waals surface area contributed by atoms with Crippen LogP contribution in [0, 0.1) is 0 Å². The van der Waals surface area contributed by atoms with E-state index in [0.29, 0.717) is 12.5 Å². The summed E-state index contributed by atoms with van der Waals surface area (Å²) in [6, 6.07) is 27.0. The predicted octanol–water partition coefficient (Wildman–Crippen LogP) is 5.04. The predicted molar refractivity (Wildman–Crippen MR) is 131 cm³/mol. The van der Waals surface area contributed by atoms with Crippen LogP contribution >= 0.6 is 0 Å². The maximum absolute atomic E-state index is 13.0. The number of fused-ring (bicyclic) bond motifs is 1. The topological polar surface area (TPSA) is 47.4 Å². The molecule has 0 saturated carbocycles. The van der Waals surface area contributed by atoms with Gasteiger partial charge in [-0.15, -0.1) is 0 Å². The molecule has 1 fully saturated rings. The number of methoxy groups -OCH3 is 1. The van der Waals surface area contributed by atoms with Gasteiger partial charge in [0.2, 0.25) is 5.91 Å². The molecule has 0 spiro atoms. The third-order valence-corrected chi connectivity index (χ3v) is 6.59. The van der Waals surface area contributed by atoms with Crippen molar-refractivity contribution >= 4 is 16.9 Å². The molecular weight excluding hydrogens is 410 g/mol. The fourth-order valence-electron chi connectivity index (χ4n) is 4.90. The summed E-state index contributed by atoms with van der Waals surface area (Å²) in [5.74, 6) is 2.04. The largest absolute Gasteiger partial charge is 0.496 e. The summed E-state index contributed by atoms with van der Waals surface area (Å²) >= 11 is 0. The standard InChI is InChI=1S/C28H29N3O2/c1-33-26-14-8-5-11-22(26)20-28(32)30-17-15-23(16-18-30)31-25-13-7-6-12-24(25)29-27(31)19-21-9-3-2-4-10-21/h2-14,23H,15-20H2,1H3. The zero-order chi connectivity index (χ0) is 22.6. The van der Waals surface area contributed by atoms with Crippen molar-refractivity contribution < 1.29 is 9.53 Å². The second-order valence-electron chi connectivity index (χ2n) is 8.65. The fourth-order valence-corrected chi connectivity index (χ4v) is 4.90. The molecule has 5 rings (SSSR count). The van der Waals surface area contributed by atoms with Gasteiger partial charge in [0.25, 0.3) is 0 Å². The maximum Gasteiger partial charge on any atom is 0.227 e. The van der Waals surface area contributed by atoms with Gasteiger partial charge in [0.15, 0.2) is 0 Å². The van der Waals surface area contributed by atoms with Gasteiger partial charge in [-0.1, -0.05) is 60.7 Å². The molecule has 1 aliphatic heterocycles. The van der Waals surface area contributed by atoms with Crippen molar-refractivity contribution in [3.05, 3.63) is 95.8 Å². The summed E-state index contributed by atoms with van der Waals surface area (Å²) < 4.78 is 7.84. The normalized spacial score (nSPS) is 14.5. The first-order chi connectivity index (χ1) is 16.2. The molecule has 0 N–H and O–H groups in total. The molecule has 1 aliphatic rings. The molecule has 0 bridgehead atoms. The van der Waals surface area contributed by atoms with E-state index in [9.17, 15) is 4.79 Å². The lowest BCUT2D eigenvalue weighted by molar-refractivity contribution is -0.131. The molecule has 0 radical (unpaired) electrons. The van der Waals surface area contributed by atoms with Crippen LogP contribution in [-0.2, 0) is 17.6 Å². The fraction of sp³-hybridized carbons (Fsp3) is 0.286.